The van der Waals surface area contributed by atoms with E-state index in [1.165, 1.54) is 6.07 Å². The van der Waals surface area contributed by atoms with Crippen LogP contribution in [-0.4, -0.2) is 65.9 Å². The highest BCUT2D eigenvalue weighted by molar-refractivity contribution is 5.82. The van der Waals surface area contributed by atoms with Gasteiger partial charge in [-0.25, -0.2) is 0 Å². The molecule has 2 aliphatic heterocycles. The molecule has 0 radical (unpaired) electrons. The first-order valence-corrected chi connectivity index (χ1v) is 10.5. The first-order chi connectivity index (χ1) is 14.2. The summed E-state index contributed by atoms with van der Waals surface area (Å²) in [6, 6.07) is 4.90. The van der Waals surface area contributed by atoms with E-state index in [4.69, 9.17) is 0 Å². The van der Waals surface area contributed by atoms with Crippen LogP contribution in [0.15, 0.2) is 18.2 Å². The van der Waals surface area contributed by atoms with E-state index in [9.17, 15) is 19.7 Å². The monoisotopic (exact) mass is 417 g/mol. The molecule has 0 unspecified atom stereocenters. The Bertz CT molecular complexity index is 826. The zero-order chi connectivity index (χ0) is 22.0. The van der Waals surface area contributed by atoms with E-state index in [2.05, 4.69) is 20.4 Å². The molecule has 0 spiro atoms. The maximum Gasteiger partial charge on any atom is 0.269 e. The second-order valence-electron chi connectivity index (χ2n) is 8.76. The Hall–Kier alpha value is -2.68. The number of hydrogen-bond donors (Lipinski definition) is 2. The lowest BCUT2D eigenvalue weighted by Crippen LogP contribution is -2.62. The maximum atomic E-state index is 13.0. The van der Waals surface area contributed by atoms with Crippen molar-refractivity contribution < 1.29 is 14.5 Å². The molecule has 1 aromatic rings. The number of amides is 2. The second-order valence-corrected chi connectivity index (χ2v) is 8.76. The maximum absolute atomic E-state index is 13.0. The first-order valence-electron chi connectivity index (χ1n) is 10.5. The van der Waals surface area contributed by atoms with E-state index < -0.39 is 4.92 Å². The number of piperazine rings is 1. The van der Waals surface area contributed by atoms with Crippen LogP contribution in [0.1, 0.15) is 33.3 Å². The molecule has 1 aromatic carbocycles. The molecule has 164 valence electrons. The number of carbonyl (C=O) groups excluding carboxylic acids is 2. The molecule has 1 saturated heterocycles. The number of nitrogens with zero attached hydrogens (tertiary/aromatic N) is 3. The van der Waals surface area contributed by atoms with E-state index in [0.29, 0.717) is 32.6 Å². The Balaban J connectivity index is 1.86. The van der Waals surface area contributed by atoms with Crippen molar-refractivity contribution in [2.45, 2.75) is 52.2 Å². The van der Waals surface area contributed by atoms with E-state index in [0.717, 1.165) is 11.3 Å². The van der Waals surface area contributed by atoms with Crippen LogP contribution < -0.4 is 15.5 Å². The lowest BCUT2D eigenvalue weighted by atomic mass is 9.83. The van der Waals surface area contributed by atoms with Gasteiger partial charge in [0.2, 0.25) is 11.8 Å². The standard InChI is InChI=1S/C21H31N5O4/c1-13(2)22-20(27)12-24-7-8-25-18-6-5-16(26(29)30)9-15(18)10-17(19(25)11-24)21(28)23-14(3)4/h5-6,9,13-14,17,19H,7-8,10-12H2,1-4H3,(H,22,27)(H,23,28)/t17-,19-/m1/s1. The molecule has 3 rings (SSSR count). The zero-order valence-corrected chi connectivity index (χ0v) is 18.1. The molecule has 2 aliphatic rings. The number of non-ortho nitro benzene ring substituents is 1. The van der Waals surface area contributed by atoms with Gasteiger partial charge in [-0.3, -0.25) is 24.6 Å². The van der Waals surface area contributed by atoms with E-state index in [1.54, 1.807) is 12.1 Å². The van der Waals surface area contributed by atoms with Gasteiger partial charge in [-0.1, -0.05) is 0 Å². The minimum Gasteiger partial charge on any atom is -0.365 e. The van der Waals surface area contributed by atoms with Gasteiger partial charge < -0.3 is 15.5 Å². The van der Waals surface area contributed by atoms with Gasteiger partial charge in [0.1, 0.15) is 0 Å². The number of nitrogens with one attached hydrogen (secondary N) is 2. The fourth-order valence-corrected chi connectivity index (χ4v) is 4.39. The average Bonchev–Trinajstić information content (AvgIpc) is 2.65. The van der Waals surface area contributed by atoms with Crippen LogP contribution in [-0.2, 0) is 16.0 Å². The fourth-order valence-electron chi connectivity index (χ4n) is 4.39. The predicted octanol–water partition coefficient (Wildman–Crippen LogP) is 1.31. The molecule has 0 aliphatic carbocycles. The molecule has 2 atom stereocenters. The number of benzene rings is 1. The summed E-state index contributed by atoms with van der Waals surface area (Å²) in [4.78, 5) is 40.3. The molecule has 9 heteroatoms. The van der Waals surface area contributed by atoms with Gasteiger partial charge in [-0.2, -0.15) is 0 Å². The summed E-state index contributed by atoms with van der Waals surface area (Å²) in [5, 5.41) is 17.1. The van der Waals surface area contributed by atoms with Crippen molar-refractivity contribution >= 4 is 23.2 Å². The van der Waals surface area contributed by atoms with Gasteiger partial charge >= 0.3 is 0 Å². The Labute approximate surface area is 176 Å². The summed E-state index contributed by atoms with van der Waals surface area (Å²) in [7, 11) is 0. The molecule has 30 heavy (non-hydrogen) atoms. The molecular weight excluding hydrogens is 386 g/mol. The Morgan fingerprint density at radius 2 is 1.87 bits per heavy atom. The molecular formula is C21H31N5O4. The lowest BCUT2D eigenvalue weighted by molar-refractivity contribution is -0.384. The van der Waals surface area contributed by atoms with Crippen LogP contribution in [0.3, 0.4) is 0 Å². The van der Waals surface area contributed by atoms with Crippen molar-refractivity contribution in [3.63, 3.8) is 0 Å². The highest BCUT2D eigenvalue weighted by atomic mass is 16.6. The van der Waals surface area contributed by atoms with Crippen LogP contribution in [0.4, 0.5) is 11.4 Å². The number of carbonyl (C=O) groups is 2. The largest absolute Gasteiger partial charge is 0.365 e. The third-order valence-corrected chi connectivity index (χ3v) is 5.57. The highest BCUT2D eigenvalue weighted by Crippen LogP contribution is 2.37. The smallest absolute Gasteiger partial charge is 0.269 e. The van der Waals surface area contributed by atoms with Crippen LogP contribution >= 0.6 is 0 Å². The van der Waals surface area contributed by atoms with Crippen molar-refractivity contribution in [3.8, 4) is 0 Å². The second kappa shape index (κ2) is 8.99. The molecule has 2 heterocycles. The van der Waals surface area contributed by atoms with Crippen LogP contribution in [0, 0.1) is 16.0 Å². The topological polar surface area (TPSA) is 108 Å². The van der Waals surface area contributed by atoms with Crippen molar-refractivity contribution in [1.29, 1.82) is 0 Å². The zero-order valence-electron chi connectivity index (χ0n) is 18.1. The van der Waals surface area contributed by atoms with Crippen molar-refractivity contribution in [3.05, 3.63) is 33.9 Å². The number of anilines is 1. The predicted molar refractivity (Wildman–Crippen MR) is 114 cm³/mol. The van der Waals surface area contributed by atoms with Gasteiger partial charge in [-0.15, -0.1) is 0 Å². The van der Waals surface area contributed by atoms with Gasteiger partial charge in [0.05, 0.1) is 23.4 Å². The first kappa shape index (κ1) is 22.0. The average molecular weight is 418 g/mol. The van der Waals surface area contributed by atoms with E-state index in [1.807, 2.05) is 27.7 Å². The highest BCUT2D eigenvalue weighted by Gasteiger charge is 2.42. The minimum atomic E-state index is -0.402. The quantitative estimate of drug-likeness (QED) is 0.534. The molecule has 0 bridgehead atoms. The molecule has 2 amide bonds. The molecule has 1 fully saturated rings. The third-order valence-electron chi connectivity index (χ3n) is 5.57. The van der Waals surface area contributed by atoms with Gasteiger partial charge in [0.15, 0.2) is 0 Å². The Morgan fingerprint density at radius 1 is 1.17 bits per heavy atom. The molecule has 0 aromatic heterocycles. The van der Waals surface area contributed by atoms with Crippen molar-refractivity contribution in [2.24, 2.45) is 5.92 Å². The van der Waals surface area contributed by atoms with Gasteiger partial charge in [0, 0.05) is 49.5 Å². The summed E-state index contributed by atoms with van der Waals surface area (Å²) < 4.78 is 0. The van der Waals surface area contributed by atoms with Crippen LogP contribution in [0.2, 0.25) is 0 Å². The summed E-state index contributed by atoms with van der Waals surface area (Å²) in [5.74, 6) is -0.406. The Morgan fingerprint density at radius 3 is 2.50 bits per heavy atom. The summed E-state index contributed by atoms with van der Waals surface area (Å²) in [6.07, 6.45) is 0.447. The van der Waals surface area contributed by atoms with Crippen LogP contribution in [0.25, 0.3) is 0 Å². The number of rotatable bonds is 6. The normalized spacial score (nSPS) is 21.2. The fraction of sp³-hybridized carbons (Fsp3) is 0.619. The lowest BCUT2D eigenvalue weighted by Gasteiger charge is -2.49. The molecule has 9 nitrogen and oxygen atoms in total. The molecule has 2 N–H and O–H groups in total. The van der Waals surface area contributed by atoms with Gasteiger partial charge in [0.25, 0.3) is 5.69 Å². The van der Waals surface area contributed by atoms with Crippen LogP contribution in [0.5, 0.6) is 0 Å². The minimum absolute atomic E-state index is 0.00831. The number of nitro benzene ring substituents is 1. The van der Waals surface area contributed by atoms with Crippen molar-refractivity contribution in [2.75, 3.05) is 31.1 Å². The summed E-state index contributed by atoms with van der Waals surface area (Å²) in [6.45, 7) is 9.94. The SMILES string of the molecule is CC(C)NC(=O)CN1CCN2c3ccc([N+](=O)[O-])cc3C[C@@H](C(=O)NC(C)C)[C@H]2C1. The number of hydrogen-bond acceptors (Lipinski definition) is 6. The third kappa shape index (κ3) is 4.89. The van der Waals surface area contributed by atoms with Gasteiger partial charge in [-0.05, 0) is 45.7 Å². The Kier molecular flexibility index (Phi) is 6.60. The van der Waals surface area contributed by atoms with Crippen molar-refractivity contribution in [1.82, 2.24) is 15.5 Å². The summed E-state index contributed by atoms with van der Waals surface area (Å²) in [5.41, 5.74) is 1.82. The van der Waals surface area contributed by atoms with E-state index in [-0.39, 0.29) is 41.5 Å². The number of nitro groups is 1. The number of fused-ring (bicyclic) bond motifs is 3. The summed E-state index contributed by atoms with van der Waals surface area (Å²) >= 11 is 0. The van der Waals surface area contributed by atoms with E-state index >= 15 is 0 Å². The molecule has 0 saturated carbocycles.